The number of nitrogens with zero attached hydrogens (tertiary/aromatic N) is 1. The van der Waals surface area contributed by atoms with Gasteiger partial charge in [-0.3, -0.25) is 10.1 Å². The molecule has 0 heterocycles. The van der Waals surface area contributed by atoms with Crippen LogP contribution in [0.4, 0.5) is 5.69 Å². The Kier molecular flexibility index (Phi) is 3.07. The Balaban J connectivity index is 3.54. The summed E-state index contributed by atoms with van der Waals surface area (Å²) in [6.45, 7) is 0. The molecule has 0 amide bonds. The Hall–Kier alpha value is -0.740. The minimum absolute atomic E-state index is 0.464. The zero-order chi connectivity index (χ0) is 10.9. The highest BCUT2D eigenvalue weighted by Gasteiger charge is 2.22. The van der Waals surface area contributed by atoms with Gasteiger partial charge < -0.3 is 0 Å². The van der Waals surface area contributed by atoms with Gasteiger partial charge in [-0.1, -0.05) is 0 Å². The van der Waals surface area contributed by atoms with Crippen LogP contribution in [0.5, 0.6) is 0 Å². The maximum Gasteiger partial charge on any atom is 0.289 e. The molecule has 0 aliphatic heterocycles. The van der Waals surface area contributed by atoms with Crippen LogP contribution in [0.3, 0.4) is 0 Å². The molecule has 0 aromatic heterocycles. The van der Waals surface area contributed by atoms with E-state index in [2.05, 4.69) is 0 Å². The smallest absolute Gasteiger partial charge is 0.258 e. The standard InChI is InChI=1S/C6H5IN2O4S/c7-4-1-2-5(9(10)11)6(3-4)14(8,12)13/h1-3H,(H2,8,12,13). The Morgan fingerprint density at radius 2 is 2.00 bits per heavy atom. The van der Waals surface area contributed by atoms with Crippen molar-refractivity contribution in [1.29, 1.82) is 0 Å². The van der Waals surface area contributed by atoms with Crippen LogP contribution < -0.4 is 5.14 Å². The predicted molar refractivity (Wildman–Crippen MR) is 57.2 cm³/mol. The summed E-state index contributed by atoms with van der Waals surface area (Å²) in [7, 11) is -4.05. The number of hydrogen-bond donors (Lipinski definition) is 1. The van der Waals surface area contributed by atoms with E-state index in [0.717, 1.165) is 12.1 Å². The van der Waals surface area contributed by atoms with Crippen LogP contribution in [0.2, 0.25) is 0 Å². The average Bonchev–Trinajstić information content (AvgIpc) is 2.01. The third-order valence-corrected chi connectivity index (χ3v) is 3.04. The lowest BCUT2D eigenvalue weighted by Crippen LogP contribution is -2.14. The normalized spacial score (nSPS) is 11.3. The number of sulfonamides is 1. The first-order valence-corrected chi connectivity index (χ1v) is 5.91. The number of rotatable bonds is 2. The molecular weight excluding hydrogens is 323 g/mol. The first-order valence-electron chi connectivity index (χ1n) is 3.29. The number of benzene rings is 1. The van der Waals surface area contributed by atoms with Crippen LogP contribution in [-0.2, 0) is 10.0 Å². The van der Waals surface area contributed by atoms with E-state index in [1.807, 2.05) is 22.6 Å². The van der Waals surface area contributed by atoms with Crippen molar-refractivity contribution in [2.45, 2.75) is 4.90 Å². The summed E-state index contributed by atoms with van der Waals surface area (Å²) in [5, 5.41) is 15.3. The molecule has 14 heavy (non-hydrogen) atoms. The van der Waals surface area contributed by atoms with Gasteiger partial charge in [0.1, 0.15) is 0 Å². The van der Waals surface area contributed by atoms with Gasteiger partial charge in [-0.05, 0) is 34.7 Å². The van der Waals surface area contributed by atoms with Crippen molar-refractivity contribution in [2.75, 3.05) is 0 Å². The molecule has 0 aliphatic carbocycles. The summed E-state index contributed by atoms with van der Waals surface area (Å²) < 4.78 is 22.5. The number of nitro groups is 1. The maximum absolute atomic E-state index is 11.0. The molecule has 6 nitrogen and oxygen atoms in total. The predicted octanol–water partition coefficient (Wildman–Crippen LogP) is 0.847. The lowest BCUT2D eigenvalue weighted by Gasteiger charge is -2.00. The van der Waals surface area contributed by atoms with Crippen LogP contribution in [0.15, 0.2) is 23.1 Å². The topological polar surface area (TPSA) is 103 Å². The maximum atomic E-state index is 11.0. The summed E-state index contributed by atoms with van der Waals surface area (Å²) in [4.78, 5) is 9.22. The number of nitro benzene ring substituents is 1. The van der Waals surface area contributed by atoms with Gasteiger partial charge in [-0.15, -0.1) is 0 Å². The van der Waals surface area contributed by atoms with Gasteiger partial charge in [-0.2, -0.15) is 0 Å². The molecule has 0 radical (unpaired) electrons. The highest BCUT2D eigenvalue weighted by Crippen LogP contribution is 2.24. The van der Waals surface area contributed by atoms with Gasteiger partial charge in [0, 0.05) is 9.64 Å². The second kappa shape index (κ2) is 3.79. The lowest BCUT2D eigenvalue weighted by molar-refractivity contribution is -0.387. The van der Waals surface area contributed by atoms with Crippen LogP contribution in [0.25, 0.3) is 0 Å². The monoisotopic (exact) mass is 328 g/mol. The number of hydrogen-bond acceptors (Lipinski definition) is 4. The summed E-state index contributed by atoms with van der Waals surface area (Å²) >= 11 is 1.84. The molecule has 1 aromatic rings. The second-order valence-corrected chi connectivity index (χ2v) is 5.19. The Morgan fingerprint density at radius 1 is 1.43 bits per heavy atom. The summed E-state index contributed by atoms with van der Waals surface area (Å²) in [6, 6.07) is 3.71. The lowest BCUT2D eigenvalue weighted by atomic mass is 10.3. The first-order chi connectivity index (χ1) is 6.32. The molecule has 0 spiro atoms. The number of primary sulfonamides is 1. The molecule has 0 aliphatic rings. The van der Waals surface area contributed by atoms with Gasteiger partial charge in [0.05, 0.1) is 4.92 Å². The number of halogens is 1. The van der Waals surface area contributed by atoms with Crippen LogP contribution in [-0.4, -0.2) is 13.3 Å². The molecule has 0 bridgehead atoms. The minimum Gasteiger partial charge on any atom is -0.258 e. The van der Waals surface area contributed by atoms with E-state index in [4.69, 9.17) is 5.14 Å². The van der Waals surface area contributed by atoms with Crippen molar-refractivity contribution in [2.24, 2.45) is 5.14 Å². The van der Waals surface area contributed by atoms with Crippen molar-refractivity contribution >= 4 is 38.3 Å². The summed E-state index contributed by atoms with van der Waals surface area (Å²) in [6.07, 6.45) is 0. The van der Waals surface area contributed by atoms with Gasteiger partial charge in [-0.25, -0.2) is 13.6 Å². The fourth-order valence-electron chi connectivity index (χ4n) is 0.867. The Bertz CT molecular complexity index is 485. The van der Waals surface area contributed by atoms with Gasteiger partial charge in [0.2, 0.25) is 10.0 Å². The molecule has 8 heteroatoms. The SMILES string of the molecule is NS(=O)(=O)c1cc(I)ccc1[N+](=O)[O-]. The average molecular weight is 328 g/mol. The highest BCUT2D eigenvalue weighted by molar-refractivity contribution is 14.1. The van der Waals surface area contributed by atoms with E-state index < -0.39 is 25.5 Å². The van der Waals surface area contributed by atoms with E-state index in [0.29, 0.717) is 3.57 Å². The van der Waals surface area contributed by atoms with E-state index in [-0.39, 0.29) is 0 Å². The van der Waals surface area contributed by atoms with Gasteiger partial charge >= 0.3 is 0 Å². The van der Waals surface area contributed by atoms with Crippen molar-refractivity contribution < 1.29 is 13.3 Å². The van der Waals surface area contributed by atoms with Crippen molar-refractivity contribution in [3.8, 4) is 0 Å². The quantitative estimate of drug-likeness (QED) is 0.494. The Morgan fingerprint density at radius 3 is 2.43 bits per heavy atom. The minimum atomic E-state index is -4.05. The fourth-order valence-corrected chi connectivity index (χ4v) is 2.29. The fraction of sp³-hybridized carbons (Fsp3) is 0. The molecule has 76 valence electrons. The molecule has 0 atom stereocenters. The van der Waals surface area contributed by atoms with Crippen LogP contribution in [0.1, 0.15) is 0 Å². The van der Waals surface area contributed by atoms with Crippen molar-refractivity contribution in [3.05, 3.63) is 31.9 Å². The summed E-state index contributed by atoms with van der Waals surface area (Å²) in [5.41, 5.74) is -0.507. The molecule has 0 saturated heterocycles. The highest BCUT2D eigenvalue weighted by atomic mass is 127. The zero-order valence-electron chi connectivity index (χ0n) is 6.68. The molecule has 2 N–H and O–H groups in total. The van der Waals surface area contributed by atoms with Crippen molar-refractivity contribution in [3.63, 3.8) is 0 Å². The zero-order valence-corrected chi connectivity index (χ0v) is 9.65. The van der Waals surface area contributed by atoms with Gasteiger partial charge in [0.15, 0.2) is 4.90 Å². The summed E-state index contributed by atoms with van der Waals surface area (Å²) in [5.74, 6) is 0. The largest absolute Gasteiger partial charge is 0.289 e. The van der Waals surface area contributed by atoms with Crippen molar-refractivity contribution in [1.82, 2.24) is 0 Å². The number of nitrogens with two attached hydrogens (primary N) is 1. The molecule has 0 fully saturated rings. The third-order valence-electron chi connectivity index (χ3n) is 1.43. The Labute approximate surface area is 93.4 Å². The second-order valence-electron chi connectivity index (χ2n) is 2.41. The van der Waals surface area contributed by atoms with Gasteiger partial charge in [0.25, 0.3) is 5.69 Å². The van der Waals surface area contributed by atoms with Crippen LogP contribution in [0, 0.1) is 13.7 Å². The molecule has 0 unspecified atom stereocenters. The third kappa shape index (κ3) is 2.39. The van der Waals surface area contributed by atoms with E-state index in [1.54, 1.807) is 0 Å². The van der Waals surface area contributed by atoms with E-state index in [9.17, 15) is 18.5 Å². The molecule has 0 saturated carbocycles. The van der Waals surface area contributed by atoms with E-state index in [1.165, 1.54) is 6.07 Å². The van der Waals surface area contributed by atoms with E-state index >= 15 is 0 Å². The first kappa shape index (κ1) is 11.3. The molecule has 1 rings (SSSR count). The molecular formula is C6H5IN2O4S. The molecule has 1 aromatic carbocycles. The van der Waals surface area contributed by atoms with Crippen LogP contribution >= 0.6 is 22.6 Å².